The van der Waals surface area contributed by atoms with Crippen LogP contribution in [-0.4, -0.2) is 14.5 Å². The van der Waals surface area contributed by atoms with Crippen LogP contribution >= 0.6 is 0 Å². The van der Waals surface area contributed by atoms with Gasteiger partial charge in [0.1, 0.15) is 0 Å². The molecule has 78 valence electrons. The van der Waals surface area contributed by atoms with Gasteiger partial charge in [-0.1, -0.05) is 0 Å². The van der Waals surface area contributed by atoms with Gasteiger partial charge in [0.2, 0.25) is 0 Å². The van der Waals surface area contributed by atoms with E-state index in [1.807, 2.05) is 36.3 Å². The standard InChI is InChI=1S/C11H14N4/c1-15-8-11(14-9-15)7-13-6-10-2-4-12-5-3-10/h2-5,8-9,13H,6-7H2,1H3. The first-order valence-corrected chi connectivity index (χ1v) is 4.91. The number of rotatable bonds is 4. The van der Waals surface area contributed by atoms with Crippen LogP contribution in [0.2, 0.25) is 0 Å². The minimum Gasteiger partial charge on any atom is -0.340 e. The summed E-state index contributed by atoms with van der Waals surface area (Å²) in [5.74, 6) is 0. The van der Waals surface area contributed by atoms with Crippen LogP contribution in [0.25, 0.3) is 0 Å². The monoisotopic (exact) mass is 202 g/mol. The summed E-state index contributed by atoms with van der Waals surface area (Å²) < 4.78 is 1.95. The Bertz CT molecular complexity index is 408. The molecule has 4 nitrogen and oxygen atoms in total. The van der Waals surface area contributed by atoms with E-state index < -0.39 is 0 Å². The van der Waals surface area contributed by atoms with Gasteiger partial charge in [-0.05, 0) is 17.7 Å². The van der Waals surface area contributed by atoms with Crippen molar-refractivity contribution in [2.45, 2.75) is 13.1 Å². The SMILES string of the molecule is Cn1cnc(CNCc2ccncc2)c1. The largest absolute Gasteiger partial charge is 0.340 e. The molecule has 0 atom stereocenters. The molecule has 0 saturated heterocycles. The second-order valence-electron chi connectivity index (χ2n) is 3.49. The molecule has 0 unspecified atom stereocenters. The molecule has 0 aliphatic heterocycles. The number of nitrogens with zero attached hydrogens (tertiary/aromatic N) is 3. The molecular weight excluding hydrogens is 188 g/mol. The summed E-state index contributed by atoms with van der Waals surface area (Å²) in [6.45, 7) is 1.64. The summed E-state index contributed by atoms with van der Waals surface area (Å²) in [4.78, 5) is 8.21. The van der Waals surface area contributed by atoms with Crippen LogP contribution in [0.5, 0.6) is 0 Å². The zero-order valence-electron chi connectivity index (χ0n) is 8.72. The van der Waals surface area contributed by atoms with Crippen molar-refractivity contribution in [1.82, 2.24) is 19.9 Å². The molecular formula is C11H14N4. The van der Waals surface area contributed by atoms with Crippen LogP contribution in [0, 0.1) is 0 Å². The molecule has 2 rings (SSSR count). The van der Waals surface area contributed by atoms with E-state index in [1.165, 1.54) is 5.56 Å². The number of hydrogen-bond donors (Lipinski definition) is 1. The van der Waals surface area contributed by atoms with E-state index in [1.54, 1.807) is 12.4 Å². The maximum atomic E-state index is 4.24. The summed E-state index contributed by atoms with van der Waals surface area (Å²) in [6.07, 6.45) is 7.43. The molecule has 2 aromatic heterocycles. The number of nitrogens with one attached hydrogen (secondary N) is 1. The molecule has 1 N–H and O–H groups in total. The predicted octanol–water partition coefficient (Wildman–Crippen LogP) is 1.10. The van der Waals surface area contributed by atoms with Crippen molar-refractivity contribution in [3.05, 3.63) is 48.3 Å². The van der Waals surface area contributed by atoms with Crippen LogP contribution in [0.3, 0.4) is 0 Å². The lowest BCUT2D eigenvalue weighted by Gasteiger charge is -2.01. The van der Waals surface area contributed by atoms with Crippen molar-refractivity contribution in [1.29, 1.82) is 0 Å². The first-order chi connectivity index (χ1) is 7.34. The quantitative estimate of drug-likeness (QED) is 0.807. The van der Waals surface area contributed by atoms with Crippen LogP contribution in [-0.2, 0) is 20.1 Å². The number of pyridine rings is 1. The molecule has 2 heterocycles. The lowest BCUT2D eigenvalue weighted by atomic mass is 10.3. The lowest BCUT2D eigenvalue weighted by Crippen LogP contribution is -2.12. The van der Waals surface area contributed by atoms with Crippen molar-refractivity contribution >= 4 is 0 Å². The van der Waals surface area contributed by atoms with Gasteiger partial charge in [0.05, 0.1) is 12.0 Å². The van der Waals surface area contributed by atoms with Gasteiger partial charge < -0.3 is 9.88 Å². The second kappa shape index (κ2) is 4.70. The third kappa shape index (κ3) is 2.89. The van der Waals surface area contributed by atoms with Gasteiger partial charge in [0, 0.05) is 38.7 Å². The number of hydrogen-bond acceptors (Lipinski definition) is 3. The minimum atomic E-state index is 0.795. The fourth-order valence-electron chi connectivity index (χ4n) is 1.39. The van der Waals surface area contributed by atoms with Gasteiger partial charge in [-0.2, -0.15) is 0 Å². The van der Waals surface area contributed by atoms with Gasteiger partial charge in [-0.3, -0.25) is 4.98 Å². The van der Waals surface area contributed by atoms with Crippen LogP contribution in [0.15, 0.2) is 37.1 Å². The zero-order chi connectivity index (χ0) is 10.5. The van der Waals surface area contributed by atoms with E-state index in [0.717, 1.165) is 18.8 Å². The smallest absolute Gasteiger partial charge is 0.0947 e. The molecule has 0 spiro atoms. The molecule has 0 aromatic carbocycles. The van der Waals surface area contributed by atoms with E-state index in [4.69, 9.17) is 0 Å². The van der Waals surface area contributed by atoms with E-state index >= 15 is 0 Å². The molecule has 0 aliphatic rings. The van der Waals surface area contributed by atoms with Crippen molar-refractivity contribution in [2.24, 2.45) is 7.05 Å². The summed E-state index contributed by atoms with van der Waals surface area (Å²) in [5.41, 5.74) is 2.30. The fourth-order valence-corrected chi connectivity index (χ4v) is 1.39. The van der Waals surface area contributed by atoms with E-state index in [-0.39, 0.29) is 0 Å². The molecule has 0 radical (unpaired) electrons. The highest BCUT2D eigenvalue weighted by molar-refractivity contribution is 5.09. The Morgan fingerprint density at radius 2 is 2.07 bits per heavy atom. The zero-order valence-corrected chi connectivity index (χ0v) is 8.72. The van der Waals surface area contributed by atoms with Crippen LogP contribution < -0.4 is 5.32 Å². The molecule has 0 aliphatic carbocycles. The molecule has 4 heteroatoms. The molecule has 2 aromatic rings. The highest BCUT2D eigenvalue weighted by Gasteiger charge is 1.96. The Labute approximate surface area is 89.0 Å². The Balaban J connectivity index is 1.80. The average Bonchev–Trinajstić information content (AvgIpc) is 2.66. The summed E-state index contributed by atoms with van der Waals surface area (Å²) >= 11 is 0. The van der Waals surface area contributed by atoms with Gasteiger partial charge in [-0.15, -0.1) is 0 Å². The van der Waals surface area contributed by atoms with Crippen molar-refractivity contribution in [2.75, 3.05) is 0 Å². The highest BCUT2D eigenvalue weighted by Crippen LogP contribution is 1.97. The Hall–Kier alpha value is -1.68. The third-order valence-electron chi connectivity index (χ3n) is 2.14. The predicted molar refractivity (Wildman–Crippen MR) is 58.0 cm³/mol. The average molecular weight is 202 g/mol. The second-order valence-corrected chi connectivity index (χ2v) is 3.49. The third-order valence-corrected chi connectivity index (χ3v) is 2.14. The maximum Gasteiger partial charge on any atom is 0.0947 e. The first-order valence-electron chi connectivity index (χ1n) is 4.91. The number of aromatic nitrogens is 3. The minimum absolute atomic E-state index is 0.795. The van der Waals surface area contributed by atoms with Crippen molar-refractivity contribution < 1.29 is 0 Å². The van der Waals surface area contributed by atoms with Crippen molar-refractivity contribution in [3.8, 4) is 0 Å². The summed E-state index contributed by atoms with van der Waals surface area (Å²) in [7, 11) is 1.97. The Kier molecular flexibility index (Phi) is 3.09. The van der Waals surface area contributed by atoms with Gasteiger partial charge in [0.25, 0.3) is 0 Å². The first kappa shape index (κ1) is 9.86. The van der Waals surface area contributed by atoms with Crippen molar-refractivity contribution in [3.63, 3.8) is 0 Å². The van der Waals surface area contributed by atoms with Gasteiger partial charge in [-0.25, -0.2) is 4.98 Å². The van der Waals surface area contributed by atoms with Crippen LogP contribution in [0.1, 0.15) is 11.3 Å². The number of imidazole rings is 1. The Morgan fingerprint density at radius 3 is 2.73 bits per heavy atom. The highest BCUT2D eigenvalue weighted by atomic mass is 15.0. The summed E-state index contributed by atoms with van der Waals surface area (Å²) in [6, 6.07) is 4.01. The topological polar surface area (TPSA) is 42.7 Å². The Morgan fingerprint density at radius 1 is 1.27 bits per heavy atom. The molecule has 0 fully saturated rings. The van der Waals surface area contributed by atoms with Gasteiger partial charge >= 0.3 is 0 Å². The number of aryl methyl sites for hydroxylation is 1. The molecule has 0 saturated carbocycles. The van der Waals surface area contributed by atoms with E-state index in [2.05, 4.69) is 15.3 Å². The fraction of sp³-hybridized carbons (Fsp3) is 0.273. The molecule has 0 bridgehead atoms. The van der Waals surface area contributed by atoms with E-state index in [0.29, 0.717) is 0 Å². The lowest BCUT2D eigenvalue weighted by molar-refractivity contribution is 0.681. The maximum absolute atomic E-state index is 4.24. The molecule has 0 amide bonds. The van der Waals surface area contributed by atoms with Crippen LogP contribution in [0.4, 0.5) is 0 Å². The summed E-state index contributed by atoms with van der Waals surface area (Å²) in [5, 5.41) is 3.33. The normalized spacial score (nSPS) is 10.5. The van der Waals surface area contributed by atoms with Gasteiger partial charge in [0.15, 0.2) is 0 Å². The molecule has 15 heavy (non-hydrogen) atoms. The van der Waals surface area contributed by atoms with E-state index in [9.17, 15) is 0 Å².